The normalized spacial score (nSPS) is 19.8. The molecule has 0 aliphatic carbocycles. The zero-order valence-electron chi connectivity index (χ0n) is 11.6. The topological polar surface area (TPSA) is 54.2 Å². The average molecular weight is 278 g/mol. The van der Waals surface area contributed by atoms with Crippen LogP contribution in [0.5, 0.6) is 0 Å². The van der Waals surface area contributed by atoms with Crippen molar-refractivity contribution in [1.82, 2.24) is 9.88 Å². The predicted octanol–water partition coefficient (Wildman–Crippen LogP) is 1.86. The molecule has 1 aromatic rings. The predicted molar refractivity (Wildman–Crippen MR) is 83.4 cm³/mol. The van der Waals surface area contributed by atoms with Crippen LogP contribution in [-0.4, -0.2) is 40.5 Å². The highest BCUT2D eigenvalue weighted by Crippen LogP contribution is 2.19. The van der Waals surface area contributed by atoms with E-state index in [-0.39, 0.29) is 0 Å². The number of likely N-dealkylation sites (tertiary alicyclic amines) is 1. The van der Waals surface area contributed by atoms with Crippen molar-refractivity contribution in [3.63, 3.8) is 0 Å². The van der Waals surface area contributed by atoms with E-state index in [0.29, 0.717) is 16.7 Å². The Hall–Kier alpha value is -1.20. The number of nitrogens with two attached hydrogens (primary N) is 1. The Kier molecular flexibility index (Phi) is 4.71. The van der Waals surface area contributed by atoms with Crippen molar-refractivity contribution >= 4 is 22.9 Å². The highest BCUT2D eigenvalue weighted by molar-refractivity contribution is 7.80. The molecule has 0 amide bonds. The Bertz CT molecular complexity index is 430. The third-order valence-electron chi connectivity index (χ3n) is 3.66. The van der Waals surface area contributed by atoms with Crippen molar-refractivity contribution in [2.75, 3.05) is 25.0 Å². The number of thiocarbonyl (C=S) groups is 1. The second-order valence-electron chi connectivity index (χ2n) is 5.42. The number of hydrogen-bond donors (Lipinski definition) is 2. The summed E-state index contributed by atoms with van der Waals surface area (Å²) in [6, 6.07) is 4.49. The van der Waals surface area contributed by atoms with E-state index in [1.807, 2.05) is 12.1 Å². The van der Waals surface area contributed by atoms with Crippen molar-refractivity contribution < 1.29 is 0 Å². The van der Waals surface area contributed by atoms with Gasteiger partial charge in [0.05, 0.1) is 17.6 Å². The van der Waals surface area contributed by atoms with E-state index in [2.05, 4.69) is 29.0 Å². The van der Waals surface area contributed by atoms with Crippen LogP contribution < -0.4 is 11.1 Å². The third kappa shape index (κ3) is 3.88. The minimum Gasteiger partial charge on any atom is -0.388 e. The van der Waals surface area contributed by atoms with Gasteiger partial charge in [-0.1, -0.05) is 12.2 Å². The fraction of sp³-hybridized carbons (Fsp3) is 0.571. The standard InChI is InChI=1S/C14H22N4S/c1-10(2)18-6-5-11(9-18)7-16-12-3-4-13(14(15)19)17-8-12/h3-4,8,10-11,16H,5-7,9H2,1-2H3,(H2,15,19). The lowest BCUT2D eigenvalue weighted by atomic mass is 10.1. The molecule has 2 rings (SSSR count). The summed E-state index contributed by atoms with van der Waals surface area (Å²) < 4.78 is 0. The number of hydrogen-bond acceptors (Lipinski definition) is 4. The first kappa shape index (κ1) is 14.2. The van der Waals surface area contributed by atoms with Crippen molar-refractivity contribution in [2.24, 2.45) is 11.7 Å². The first-order valence-corrected chi connectivity index (χ1v) is 7.21. The molecular formula is C14H22N4S. The Morgan fingerprint density at radius 1 is 1.58 bits per heavy atom. The molecule has 4 nitrogen and oxygen atoms in total. The SMILES string of the molecule is CC(C)N1CCC(CNc2ccc(C(N)=S)nc2)C1. The van der Waals surface area contributed by atoms with Crippen LogP contribution in [0, 0.1) is 5.92 Å². The largest absolute Gasteiger partial charge is 0.388 e. The molecule has 1 saturated heterocycles. The van der Waals surface area contributed by atoms with E-state index in [1.165, 1.54) is 19.5 Å². The van der Waals surface area contributed by atoms with Crippen LogP contribution in [0.1, 0.15) is 26.0 Å². The summed E-state index contributed by atoms with van der Waals surface area (Å²) in [5.41, 5.74) is 7.23. The zero-order valence-corrected chi connectivity index (χ0v) is 12.4. The van der Waals surface area contributed by atoms with Crippen molar-refractivity contribution in [2.45, 2.75) is 26.3 Å². The van der Waals surface area contributed by atoms with Gasteiger partial charge in [-0.25, -0.2) is 0 Å². The van der Waals surface area contributed by atoms with Crippen LogP contribution in [0.3, 0.4) is 0 Å². The highest BCUT2D eigenvalue weighted by atomic mass is 32.1. The molecule has 5 heteroatoms. The Morgan fingerprint density at radius 2 is 2.37 bits per heavy atom. The maximum atomic E-state index is 5.52. The van der Waals surface area contributed by atoms with Gasteiger partial charge < -0.3 is 16.0 Å². The number of anilines is 1. The van der Waals surface area contributed by atoms with E-state index in [0.717, 1.165) is 18.2 Å². The summed E-state index contributed by atoms with van der Waals surface area (Å²) in [6.07, 6.45) is 3.06. The molecule has 1 fully saturated rings. The van der Waals surface area contributed by atoms with Crippen LogP contribution in [-0.2, 0) is 0 Å². The van der Waals surface area contributed by atoms with Gasteiger partial charge in [-0.2, -0.15) is 0 Å². The lowest BCUT2D eigenvalue weighted by molar-refractivity contribution is 0.266. The third-order valence-corrected chi connectivity index (χ3v) is 3.87. The molecule has 0 saturated carbocycles. The molecule has 0 spiro atoms. The molecule has 104 valence electrons. The molecule has 1 aromatic heterocycles. The number of nitrogens with zero attached hydrogens (tertiary/aromatic N) is 2. The molecule has 1 aliphatic heterocycles. The second kappa shape index (κ2) is 6.30. The zero-order chi connectivity index (χ0) is 13.8. The van der Waals surface area contributed by atoms with Gasteiger partial charge in [-0.05, 0) is 44.9 Å². The smallest absolute Gasteiger partial charge is 0.122 e. The molecule has 3 N–H and O–H groups in total. The van der Waals surface area contributed by atoms with Crippen LogP contribution in [0.25, 0.3) is 0 Å². The van der Waals surface area contributed by atoms with E-state index in [4.69, 9.17) is 18.0 Å². The van der Waals surface area contributed by atoms with Crippen LogP contribution >= 0.6 is 12.2 Å². The van der Waals surface area contributed by atoms with Crippen LogP contribution in [0.15, 0.2) is 18.3 Å². The van der Waals surface area contributed by atoms with Gasteiger partial charge in [-0.3, -0.25) is 4.98 Å². The van der Waals surface area contributed by atoms with Crippen molar-refractivity contribution in [1.29, 1.82) is 0 Å². The number of aromatic nitrogens is 1. The summed E-state index contributed by atoms with van der Waals surface area (Å²) in [4.78, 5) is 7.10. The number of rotatable bonds is 5. The van der Waals surface area contributed by atoms with Gasteiger partial charge in [0.15, 0.2) is 0 Å². The van der Waals surface area contributed by atoms with Gasteiger partial charge in [0.2, 0.25) is 0 Å². The summed E-state index contributed by atoms with van der Waals surface area (Å²) in [6.45, 7) is 7.91. The van der Waals surface area contributed by atoms with Gasteiger partial charge in [0.25, 0.3) is 0 Å². The van der Waals surface area contributed by atoms with E-state index >= 15 is 0 Å². The fourth-order valence-corrected chi connectivity index (χ4v) is 2.53. The molecule has 1 aliphatic rings. The van der Waals surface area contributed by atoms with Gasteiger partial charge >= 0.3 is 0 Å². The lowest BCUT2D eigenvalue weighted by Gasteiger charge is -2.20. The molecule has 0 aromatic carbocycles. The van der Waals surface area contributed by atoms with E-state index in [1.54, 1.807) is 6.20 Å². The first-order chi connectivity index (χ1) is 9.06. The molecule has 1 unspecified atom stereocenters. The lowest BCUT2D eigenvalue weighted by Crippen LogP contribution is -2.29. The molecule has 0 bridgehead atoms. The second-order valence-corrected chi connectivity index (χ2v) is 5.86. The highest BCUT2D eigenvalue weighted by Gasteiger charge is 2.23. The summed E-state index contributed by atoms with van der Waals surface area (Å²) >= 11 is 4.88. The molecule has 1 atom stereocenters. The number of pyridine rings is 1. The molecule has 0 radical (unpaired) electrons. The first-order valence-electron chi connectivity index (χ1n) is 6.80. The minimum atomic E-state index is 0.343. The van der Waals surface area contributed by atoms with Crippen LogP contribution in [0.4, 0.5) is 5.69 Å². The minimum absolute atomic E-state index is 0.343. The summed E-state index contributed by atoms with van der Waals surface area (Å²) in [5, 5.41) is 3.44. The molecule has 19 heavy (non-hydrogen) atoms. The molecule has 2 heterocycles. The van der Waals surface area contributed by atoms with E-state index < -0.39 is 0 Å². The van der Waals surface area contributed by atoms with Gasteiger partial charge in [0, 0.05) is 19.1 Å². The number of nitrogens with one attached hydrogen (secondary N) is 1. The van der Waals surface area contributed by atoms with Gasteiger partial charge in [-0.15, -0.1) is 0 Å². The molecular weight excluding hydrogens is 256 g/mol. The van der Waals surface area contributed by atoms with Gasteiger partial charge in [0.1, 0.15) is 4.99 Å². The fourth-order valence-electron chi connectivity index (χ4n) is 2.40. The average Bonchev–Trinajstić information content (AvgIpc) is 2.86. The van der Waals surface area contributed by atoms with Crippen LogP contribution in [0.2, 0.25) is 0 Å². The quantitative estimate of drug-likeness (QED) is 0.805. The summed E-state index contributed by atoms with van der Waals surface area (Å²) in [5.74, 6) is 0.720. The maximum absolute atomic E-state index is 5.52. The monoisotopic (exact) mass is 278 g/mol. The Labute approximate surface area is 120 Å². The van der Waals surface area contributed by atoms with E-state index in [9.17, 15) is 0 Å². The Balaban J connectivity index is 1.81. The Morgan fingerprint density at radius 3 is 2.89 bits per heavy atom. The maximum Gasteiger partial charge on any atom is 0.122 e. The summed E-state index contributed by atoms with van der Waals surface area (Å²) in [7, 11) is 0. The van der Waals surface area contributed by atoms with Crippen molar-refractivity contribution in [3.8, 4) is 0 Å². The van der Waals surface area contributed by atoms with Crippen molar-refractivity contribution in [3.05, 3.63) is 24.0 Å².